The lowest BCUT2D eigenvalue weighted by molar-refractivity contribution is -0.117. The summed E-state index contributed by atoms with van der Waals surface area (Å²) in [5, 5.41) is 3.58. The van der Waals surface area contributed by atoms with Crippen LogP contribution in [0, 0.1) is 0 Å². The fraction of sp³-hybridized carbons (Fsp3) is 0.0833. The van der Waals surface area contributed by atoms with E-state index in [-0.39, 0.29) is 6.54 Å². The van der Waals surface area contributed by atoms with Gasteiger partial charge in [-0.05, 0) is 53.6 Å². The van der Waals surface area contributed by atoms with Crippen LogP contribution in [0.4, 0.5) is 0 Å². The number of halogens is 2. The summed E-state index contributed by atoms with van der Waals surface area (Å²) in [6.45, 7) is 0.113. The minimum absolute atomic E-state index is 0.113. The molecule has 31 heavy (non-hydrogen) atoms. The summed E-state index contributed by atoms with van der Waals surface area (Å²) in [5.41, 5.74) is 3.24. The molecule has 0 saturated heterocycles. The van der Waals surface area contributed by atoms with Crippen LogP contribution in [0.1, 0.15) is 16.1 Å². The van der Waals surface area contributed by atoms with Crippen molar-refractivity contribution in [3.05, 3.63) is 94.2 Å². The van der Waals surface area contributed by atoms with E-state index in [1.54, 1.807) is 35.9 Å². The molecule has 0 saturated carbocycles. The van der Waals surface area contributed by atoms with Gasteiger partial charge in [-0.25, -0.2) is 0 Å². The Hall–Kier alpha value is -3.28. The van der Waals surface area contributed by atoms with Gasteiger partial charge in [0.1, 0.15) is 11.4 Å². The van der Waals surface area contributed by atoms with Crippen molar-refractivity contribution in [2.24, 2.45) is 0 Å². The number of nitrogens with zero attached hydrogens (tertiary/aromatic N) is 1. The van der Waals surface area contributed by atoms with Crippen molar-refractivity contribution in [3.8, 4) is 16.9 Å². The second kappa shape index (κ2) is 8.84. The molecule has 2 aromatic heterocycles. The maximum absolute atomic E-state index is 13.2. The van der Waals surface area contributed by atoms with Gasteiger partial charge in [-0.3, -0.25) is 9.59 Å². The molecule has 1 amide bonds. The normalized spacial score (nSPS) is 10.8. The number of rotatable bonds is 6. The average Bonchev–Trinajstić information content (AvgIpc) is 3.17. The molecule has 7 heteroatoms. The van der Waals surface area contributed by atoms with E-state index in [1.807, 2.05) is 48.5 Å². The van der Waals surface area contributed by atoms with Crippen molar-refractivity contribution < 1.29 is 14.3 Å². The predicted octanol–water partition coefficient (Wildman–Crippen LogP) is 5.42. The van der Waals surface area contributed by atoms with Gasteiger partial charge in [-0.15, -0.1) is 0 Å². The van der Waals surface area contributed by atoms with E-state index in [0.29, 0.717) is 32.6 Å². The number of methoxy groups -OCH3 is 1. The lowest BCUT2D eigenvalue weighted by Crippen LogP contribution is -2.31. The monoisotopic (exact) mass is 452 g/mol. The van der Waals surface area contributed by atoms with E-state index in [0.717, 1.165) is 11.1 Å². The second-order valence-electron chi connectivity index (χ2n) is 6.88. The molecule has 0 bridgehead atoms. The highest BCUT2D eigenvalue weighted by Crippen LogP contribution is 2.30. The van der Waals surface area contributed by atoms with Crippen molar-refractivity contribution in [2.75, 3.05) is 7.11 Å². The highest BCUT2D eigenvalue weighted by atomic mass is 35.5. The van der Waals surface area contributed by atoms with Gasteiger partial charge in [-0.2, -0.15) is 0 Å². The Labute approximate surface area is 189 Å². The zero-order valence-corrected chi connectivity index (χ0v) is 18.1. The molecule has 0 aliphatic carbocycles. The van der Waals surface area contributed by atoms with E-state index < -0.39 is 11.7 Å². The topological polar surface area (TPSA) is 59.8 Å². The van der Waals surface area contributed by atoms with E-state index in [2.05, 4.69) is 5.32 Å². The summed E-state index contributed by atoms with van der Waals surface area (Å²) in [7, 11) is 1.59. The number of benzene rings is 2. The van der Waals surface area contributed by atoms with Crippen molar-refractivity contribution in [1.29, 1.82) is 0 Å². The molecule has 2 aromatic carbocycles. The maximum Gasteiger partial charge on any atom is 0.294 e. The summed E-state index contributed by atoms with van der Waals surface area (Å²) in [5.74, 6) is -0.648. The van der Waals surface area contributed by atoms with Crippen LogP contribution < -0.4 is 10.1 Å². The molecule has 0 radical (unpaired) electrons. The highest BCUT2D eigenvalue weighted by Gasteiger charge is 2.24. The fourth-order valence-corrected chi connectivity index (χ4v) is 3.85. The van der Waals surface area contributed by atoms with Crippen LogP contribution in [0.15, 0.2) is 72.9 Å². The number of amides is 1. The predicted molar refractivity (Wildman–Crippen MR) is 122 cm³/mol. The molecule has 0 aliphatic heterocycles. The number of carbonyl (C=O) groups is 2. The number of ketones is 1. The van der Waals surface area contributed by atoms with Crippen LogP contribution in [0.3, 0.4) is 0 Å². The van der Waals surface area contributed by atoms with Crippen LogP contribution in [0.5, 0.6) is 5.75 Å². The zero-order valence-electron chi connectivity index (χ0n) is 16.6. The Bertz CT molecular complexity index is 1280. The average molecular weight is 453 g/mol. The Kier molecular flexibility index (Phi) is 5.98. The van der Waals surface area contributed by atoms with Crippen LogP contribution >= 0.6 is 23.2 Å². The van der Waals surface area contributed by atoms with Gasteiger partial charge in [0.2, 0.25) is 0 Å². The first kappa shape index (κ1) is 21.0. The summed E-state index contributed by atoms with van der Waals surface area (Å²) >= 11 is 12.1. The number of pyridine rings is 1. The van der Waals surface area contributed by atoms with Gasteiger partial charge in [0, 0.05) is 33.9 Å². The quantitative estimate of drug-likeness (QED) is 0.313. The molecule has 4 rings (SSSR count). The molecule has 0 atom stereocenters. The number of Topliss-reactive ketones (excluding diaryl/α,β-unsaturated/α-hetero) is 1. The van der Waals surface area contributed by atoms with Gasteiger partial charge in [0.15, 0.2) is 0 Å². The molecule has 2 heterocycles. The van der Waals surface area contributed by atoms with Gasteiger partial charge in [0.25, 0.3) is 11.7 Å². The van der Waals surface area contributed by atoms with Crippen molar-refractivity contribution in [3.63, 3.8) is 0 Å². The van der Waals surface area contributed by atoms with Crippen LogP contribution in [-0.2, 0) is 11.3 Å². The number of carbonyl (C=O) groups excluding carboxylic acids is 2. The molecular formula is C24H18Cl2N2O3. The smallest absolute Gasteiger partial charge is 0.294 e. The molecule has 1 N–H and O–H groups in total. The fourth-order valence-electron chi connectivity index (χ4n) is 3.37. The molecule has 5 nitrogen and oxygen atoms in total. The Morgan fingerprint density at radius 1 is 1.00 bits per heavy atom. The zero-order chi connectivity index (χ0) is 22.0. The minimum Gasteiger partial charge on any atom is -0.497 e. The van der Waals surface area contributed by atoms with Crippen LogP contribution in [0.25, 0.3) is 16.6 Å². The number of nitrogens with one attached hydrogen (secondary N) is 1. The number of fused-ring (bicyclic) bond motifs is 1. The highest BCUT2D eigenvalue weighted by molar-refractivity contribution is 6.43. The Morgan fingerprint density at radius 3 is 2.48 bits per heavy atom. The van der Waals surface area contributed by atoms with E-state index in [4.69, 9.17) is 27.9 Å². The van der Waals surface area contributed by atoms with Crippen molar-refractivity contribution >= 4 is 40.4 Å². The van der Waals surface area contributed by atoms with E-state index >= 15 is 0 Å². The first-order chi connectivity index (χ1) is 15.0. The van der Waals surface area contributed by atoms with Gasteiger partial charge in [-0.1, -0.05) is 47.5 Å². The van der Waals surface area contributed by atoms with Gasteiger partial charge < -0.3 is 14.5 Å². The maximum atomic E-state index is 13.2. The molecule has 4 aromatic rings. The first-order valence-electron chi connectivity index (χ1n) is 9.49. The van der Waals surface area contributed by atoms with Crippen molar-refractivity contribution in [1.82, 2.24) is 9.72 Å². The van der Waals surface area contributed by atoms with Gasteiger partial charge in [0.05, 0.1) is 7.11 Å². The second-order valence-corrected chi connectivity index (χ2v) is 7.72. The standard InChI is InChI=1S/C24H18Cl2N2O3/c1-31-19-9-6-15(7-10-19)20-13-18-4-2-3-11-28(18)22(20)23(29)24(30)27-14-16-5-8-17(25)12-21(16)26/h2-13H,14H2,1H3,(H,27,30). The third-order valence-electron chi connectivity index (χ3n) is 4.96. The van der Waals surface area contributed by atoms with Crippen molar-refractivity contribution in [2.45, 2.75) is 6.54 Å². The lowest BCUT2D eigenvalue weighted by atomic mass is 10.0. The number of hydrogen-bond donors (Lipinski definition) is 1. The summed E-state index contributed by atoms with van der Waals surface area (Å²) in [6.07, 6.45) is 1.76. The number of hydrogen-bond acceptors (Lipinski definition) is 3. The molecule has 0 fully saturated rings. The van der Waals surface area contributed by atoms with E-state index in [1.165, 1.54) is 0 Å². The largest absolute Gasteiger partial charge is 0.497 e. The molecular weight excluding hydrogens is 435 g/mol. The lowest BCUT2D eigenvalue weighted by Gasteiger charge is -2.09. The SMILES string of the molecule is COc1ccc(-c2cc3ccccn3c2C(=O)C(=O)NCc2ccc(Cl)cc2Cl)cc1. The molecule has 0 unspecified atom stereocenters. The Balaban J connectivity index is 1.66. The first-order valence-corrected chi connectivity index (χ1v) is 10.2. The number of aromatic nitrogens is 1. The molecule has 156 valence electrons. The van der Waals surface area contributed by atoms with Crippen LogP contribution in [-0.4, -0.2) is 23.2 Å². The number of ether oxygens (including phenoxy) is 1. The van der Waals surface area contributed by atoms with Gasteiger partial charge >= 0.3 is 0 Å². The summed E-state index contributed by atoms with van der Waals surface area (Å²) in [4.78, 5) is 25.9. The minimum atomic E-state index is -0.718. The molecule has 0 spiro atoms. The van der Waals surface area contributed by atoms with E-state index in [9.17, 15) is 9.59 Å². The third kappa shape index (κ3) is 4.29. The third-order valence-corrected chi connectivity index (χ3v) is 5.54. The molecule has 0 aliphatic rings. The Morgan fingerprint density at radius 2 is 1.77 bits per heavy atom. The summed E-state index contributed by atoms with van der Waals surface area (Å²) < 4.78 is 6.93. The van der Waals surface area contributed by atoms with Crippen LogP contribution in [0.2, 0.25) is 10.0 Å². The summed E-state index contributed by atoms with van der Waals surface area (Å²) in [6, 6.07) is 19.8.